The Morgan fingerprint density at radius 2 is 2.03 bits per heavy atom. The van der Waals surface area contributed by atoms with Gasteiger partial charge in [0.2, 0.25) is 0 Å². The van der Waals surface area contributed by atoms with Crippen molar-refractivity contribution in [2.24, 2.45) is 0 Å². The second-order valence-electron chi connectivity index (χ2n) is 8.79. The van der Waals surface area contributed by atoms with Gasteiger partial charge >= 0.3 is 7.12 Å². The van der Waals surface area contributed by atoms with Crippen molar-refractivity contribution in [3.8, 4) is 22.6 Å². The van der Waals surface area contributed by atoms with E-state index in [0.29, 0.717) is 24.4 Å². The van der Waals surface area contributed by atoms with Crippen molar-refractivity contribution in [2.45, 2.75) is 64.5 Å². The Kier molecular flexibility index (Phi) is 7.97. The molecule has 1 fully saturated rings. The molecule has 1 aliphatic heterocycles. The summed E-state index contributed by atoms with van der Waals surface area (Å²) in [5.74, 6) is 1.29. The highest BCUT2D eigenvalue weighted by Crippen LogP contribution is 2.35. The third kappa shape index (κ3) is 6.22. The first-order valence-electron chi connectivity index (χ1n) is 11.1. The van der Waals surface area contributed by atoms with Gasteiger partial charge in [0, 0.05) is 36.6 Å². The summed E-state index contributed by atoms with van der Waals surface area (Å²) in [6.07, 6.45) is 6.09. The number of hydrogen-bond donors (Lipinski definition) is 1. The minimum Gasteiger partial charge on any atom is -0.493 e. The molecule has 7 heteroatoms. The molecule has 2 heterocycles. The molecule has 0 aliphatic carbocycles. The summed E-state index contributed by atoms with van der Waals surface area (Å²) in [7, 11) is 1.29. The molecule has 1 aromatic carbocycles. The minimum absolute atomic E-state index is 0.00334. The summed E-state index contributed by atoms with van der Waals surface area (Å²) in [6.45, 7) is 8.92. The highest BCUT2D eigenvalue weighted by Gasteiger charge is 2.38. The molecule has 31 heavy (non-hydrogen) atoms. The molecule has 0 spiro atoms. The van der Waals surface area contributed by atoms with Gasteiger partial charge in [-0.15, -0.1) is 0 Å². The average Bonchev–Trinajstić information content (AvgIpc) is 2.74. The van der Waals surface area contributed by atoms with E-state index in [4.69, 9.17) is 18.8 Å². The lowest BCUT2D eigenvalue weighted by molar-refractivity contribution is -0.0297. The van der Waals surface area contributed by atoms with E-state index in [0.717, 1.165) is 29.5 Å². The van der Waals surface area contributed by atoms with E-state index >= 15 is 0 Å². The lowest BCUT2D eigenvalue weighted by Gasteiger charge is -2.39. The maximum absolute atomic E-state index is 10.1. The molecule has 6 nitrogen and oxygen atoms in total. The number of nitrogens with zero attached hydrogens (tertiary/aromatic N) is 1. The molecule has 168 valence electrons. The van der Waals surface area contributed by atoms with Crippen LogP contribution in [0.25, 0.3) is 11.1 Å². The van der Waals surface area contributed by atoms with Crippen LogP contribution < -0.4 is 9.47 Å². The molecule has 1 aliphatic rings. The molecule has 1 saturated heterocycles. The van der Waals surface area contributed by atoms with Gasteiger partial charge in [0.25, 0.3) is 0 Å². The predicted molar refractivity (Wildman–Crippen MR) is 123 cm³/mol. The molecular weight excluding hydrogens is 393 g/mol. The molecular formula is C24H34BNO5. The number of pyridine rings is 1. The van der Waals surface area contributed by atoms with Crippen LogP contribution >= 0.6 is 0 Å². The molecule has 0 amide bonds. The number of aliphatic hydroxyl groups excluding tert-OH is 1. The Morgan fingerprint density at radius 3 is 2.71 bits per heavy atom. The van der Waals surface area contributed by atoms with Crippen molar-refractivity contribution in [3.05, 3.63) is 42.2 Å². The first kappa shape index (κ1) is 23.6. The minimum atomic E-state index is -0.352. The number of hydrogen-bond acceptors (Lipinski definition) is 6. The molecule has 2 atom stereocenters. The molecule has 2 aromatic rings. The summed E-state index contributed by atoms with van der Waals surface area (Å²) >= 11 is 0. The summed E-state index contributed by atoms with van der Waals surface area (Å²) in [6, 6.07) is 7.94. The van der Waals surface area contributed by atoms with Crippen LogP contribution in [0.4, 0.5) is 0 Å². The van der Waals surface area contributed by atoms with Gasteiger partial charge < -0.3 is 23.9 Å². The molecule has 0 saturated carbocycles. The van der Waals surface area contributed by atoms with E-state index in [1.165, 1.54) is 0 Å². The third-order valence-corrected chi connectivity index (χ3v) is 5.50. The molecule has 0 bridgehead atoms. The Labute approximate surface area is 186 Å². The maximum atomic E-state index is 10.1. The number of methoxy groups -OCH3 is 1. The van der Waals surface area contributed by atoms with Crippen LogP contribution in [0.15, 0.2) is 36.7 Å². The molecule has 1 N–H and O–H groups in total. The van der Waals surface area contributed by atoms with Crippen molar-refractivity contribution in [3.63, 3.8) is 0 Å². The Balaban J connectivity index is 1.81. The number of ether oxygens (including phenoxy) is 2. The van der Waals surface area contributed by atoms with Crippen molar-refractivity contribution in [2.75, 3.05) is 20.3 Å². The van der Waals surface area contributed by atoms with Crippen LogP contribution in [0.5, 0.6) is 11.5 Å². The standard InChI is InChI=1S/C24H34BNO5/c1-6-9-29-23-11-18(7-8-22(23)28-5)19-10-20(15-26-14-19)21(16-27)13-25-30-17(2)12-24(3,4)31-25/h7-8,10-11,14-15,17,21,27H,6,9,12-13,16H2,1-5H3. The van der Waals surface area contributed by atoms with E-state index < -0.39 is 0 Å². The fourth-order valence-corrected chi connectivity index (χ4v) is 4.10. The zero-order valence-corrected chi connectivity index (χ0v) is 19.3. The SMILES string of the molecule is CCCOc1cc(-c2cncc(C(CO)CB3OC(C)CC(C)(C)O3)c2)ccc1OC. The third-order valence-electron chi connectivity index (χ3n) is 5.50. The molecule has 1 aromatic heterocycles. The van der Waals surface area contributed by atoms with E-state index in [1.54, 1.807) is 13.3 Å². The Bertz CT molecular complexity index is 860. The second-order valence-corrected chi connectivity index (χ2v) is 8.79. The quantitative estimate of drug-likeness (QED) is 0.585. The molecule has 0 radical (unpaired) electrons. The number of aliphatic hydroxyl groups is 1. The van der Waals surface area contributed by atoms with Crippen molar-refractivity contribution in [1.82, 2.24) is 4.98 Å². The average molecular weight is 427 g/mol. The molecule has 3 rings (SSSR count). The van der Waals surface area contributed by atoms with E-state index in [2.05, 4.69) is 38.7 Å². The number of benzene rings is 1. The van der Waals surface area contributed by atoms with Gasteiger partial charge in [0.1, 0.15) is 0 Å². The fourth-order valence-electron chi connectivity index (χ4n) is 4.10. The number of aromatic nitrogens is 1. The molecule has 2 unspecified atom stereocenters. The monoisotopic (exact) mass is 427 g/mol. The predicted octanol–water partition coefficient (Wildman–Crippen LogP) is 4.71. The zero-order chi connectivity index (χ0) is 22.4. The van der Waals surface area contributed by atoms with Crippen LogP contribution in [-0.4, -0.2) is 49.2 Å². The van der Waals surface area contributed by atoms with E-state index in [9.17, 15) is 5.11 Å². The largest absolute Gasteiger partial charge is 0.493 e. The Morgan fingerprint density at radius 1 is 1.23 bits per heavy atom. The lowest BCUT2D eigenvalue weighted by Crippen LogP contribution is -2.46. The Hall–Kier alpha value is -2.09. The van der Waals surface area contributed by atoms with Crippen LogP contribution in [0.1, 0.15) is 52.0 Å². The van der Waals surface area contributed by atoms with Gasteiger partial charge in [-0.2, -0.15) is 0 Å². The van der Waals surface area contributed by atoms with Gasteiger partial charge in [-0.1, -0.05) is 13.0 Å². The first-order chi connectivity index (χ1) is 14.8. The summed E-state index contributed by atoms with van der Waals surface area (Å²) in [4.78, 5) is 4.44. The summed E-state index contributed by atoms with van der Waals surface area (Å²) in [5, 5.41) is 10.1. The highest BCUT2D eigenvalue weighted by molar-refractivity contribution is 6.45. The van der Waals surface area contributed by atoms with E-state index in [1.807, 2.05) is 24.4 Å². The normalized spacial score (nSPS) is 19.2. The fraction of sp³-hybridized carbons (Fsp3) is 0.542. The van der Waals surface area contributed by atoms with Gasteiger partial charge in [0.05, 0.1) is 19.3 Å². The van der Waals surface area contributed by atoms with Gasteiger partial charge in [0.15, 0.2) is 11.5 Å². The zero-order valence-electron chi connectivity index (χ0n) is 19.3. The van der Waals surface area contributed by atoms with Crippen molar-refractivity contribution >= 4 is 7.12 Å². The van der Waals surface area contributed by atoms with Gasteiger partial charge in [-0.05, 0) is 69.3 Å². The van der Waals surface area contributed by atoms with Gasteiger partial charge in [-0.3, -0.25) is 4.98 Å². The maximum Gasteiger partial charge on any atom is 0.458 e. The van der Waals surface area contributed by atoms with Crippen molar-refractivity contribution < 1.29 is 23.9 Å². The summed E-state index contributed by atoms with van der Waals surface area (Å²) < 4.78 is 23.4. The second kappa shape index (κ2) is 10.5. The highest BCUT2D eigenvalue weighted by atomic mass is 16.6. The topological polar surface area (TPSA) is 70.0 Å². The van der Waals surface area contributed by atoms with Crippen molar-refractivity contribution in [1.29, 1.82) is 0 Å². The van der Waals surface area contributed by atoms with Gasteiger partial charge in [-0.25, -0.2) is 0 Å². The summed E-state index contributed by atoms with van der Waals surface area (Å²) in [5.41, 5.74) is 2.66. The van der Waals surface area contributed by atoms with Crippen LogP contribution in [-0.2, 0) is 9.31 Å². The lowest BCUT2D eigenvalue weighted by atomic mass is 9.72. The number of rotatable bonds is 9. The van der Waals surface area contributed by atoms with Crippen LogP contribution in [0.2, 0.25) is 6.32 Å². The first-order valence-corrected chi connectivity index (χ1v) is 11.1. The van der Waals surface area contributed by atoms with E-state index in [-0.39, 0.29) is 31.3 Å². The van der Waals surface area contributed by atoms with Crippen LogP contribution in [0.3, 0.4) is 0 Å². The smallest absolute Gasteiger partial charge is 0.458 e. The van der Waals surface area contributed by atoms with Crippen LogP contribution in [0, 0.1) is 0 Å².